The van der Waals surface area contributed by atoms with Crippen LogP contribution in [0.4, 0.5) is 11.4 Å². The number of tetrazole rings is 1. The van der Waals surface area contributed by atoms with Crippen LogP contribution in [0.15, 0.2) is 18.2 Å². The molecule has 100 valence electrons. The summed E-state index contributed by atoms with van der Waals surface area (Å²) in [5.74, 6) is 0.751. The number of benzene rings is 1. The Morgan fingerprint density at radius 2 is 1.89 bits per heavy atom. The fraction of sp³-hybridized carbons (Fsp3) is 0.462. The molecule has 6 nitrogen and oxygen atoms in total. The van der Waals surface area contributed by atoms with Crippen LogP contribution in [0.2, 0.25) is 0 Å². The molecule has 0 spiro atoms. The minimum atomic E-state index is 0.0677. The van der Waals surface area contributed by atoms with Crippen LogP contribution in [0.3, 0.4) is 0 Å². The number of hydrogen-bond acceptors (Lipinski definition) is 5. The number of aromatic nitrogens is 4. The zero-order chi connectivity index (χ0) is 13.5. The highest BCUT2D eigenvalue weighted by molar-refractivity contribution is 5.68. The van der Waals surface area contributed by atoms with Crippen LogP contribution in [-0.2, 0) is 5.54 Å². The highest BCUT2D eigenvalue weighted by atomic mass is 15.6. The number of nitrogens with zero attached hydrogens (tertiary/aromatic N) is 4. The van der Waals surface area contributed by atoms with E-state index in [1.165, 1.54) is 6.42 Å². The lowest BCUT2D eigenvalue weighted by Gasteiger charge is -2.41. The van der Waals surface area contributed by atoms with Gasteiger partial charge in [0.1, 0.15) is 0 Å². The Hall–Kier alpha value is -2.11. The Morgan fingerprint density at radius 3 is 2.42 bits per heavy atom. The Bertz CT molecular complexity index is 573. The van der Waals surface area contributed by atoms with Crippen molar-refractivity contribution in [1.82, 2.24) is 20.2 Å². The average molecular weight is 258 g/mol. The highest BCUT2D eigenvalue weighted by Gasteiger charge is 2.40. The Balaban J connectivity index is 2.09. The zero-order valence-electron chi connectivity index (χ0n) is 11.0. The molecule has 0 aliphatic heterocycles. The second-order valence-electron chi connectivity index (χ2n) is 5.23. The first-order valence-electron chi connectivity index (χ1n) is 6.60. The molecule has 6 heteroatoms. The van der Waals surface area contributed by atoms with Gasteiger partial charge in [-0.05, 0) is 54.3 Å². The van der Waals surface area contributed by atoms with Crippen molar-refractivity contribution in [2.75, 3.05) is 11.5 Å². The highest BCUT2D eigenvalue weighted by Crippen LogP contribution is 2.43. The van der Waals surface area contributed by atoms with Gasteiger partial charge < -0.3 is 11.5 Å². The quantitative estimate of drug-likeness (QED) is 0.818. The van der Waals surface area contributed by atoms with E-state index >= 15 is 0 Å². The molecule has 0 bridgehead atoms. The van der Waals surface area contributed by atoms with Crippen LogP contribution in [0.5, 0.6) is 0 Å². The number of nitrogens with two attached hydrogens (primary N) is 2. The maximum atomic E-state index is 5.85. The first kappa shape index (κ1) is 12.0. The molecule has 2 aromatic rings. The average Bonchev–Trinajstić information content (AvgIpc) is 2.76. The monoisotopic (exact) mass is 258 g/mol. The smallest absolute Gasteiger partial charge is 0.182 e. The molecule has 3 rings (SSSR count). The maximum Gasteiger partial charge on any atom is 0.182 e. The molecule has 0 radical (unpaired) electrons. The van der Waals surface area contributed by atoms with Crippen molar-refractivity contribution in [3.05, 3.63) is 18.2 Å². The molecule has 1 heterocycles. The van der Waals surface area contributed by atoms with Crippen LogP contribution in [0.1, 0.15) is 32.6 Å². The van der Waals surface area contributed by atoms with Crippen LogP contribution < -0.4 is 11.5 Å². The molecule has 1 aromatic carbocycles. The van der Waals surface area contributed by atoms with Gasteiger partial charge in [0.2, 0.25) is 0 Å². The zero-order valence-corrected chi connectivity index (χ0v) is 11.0. The summed E-state index contributed by atoms with van der Waals surface area (Å²) in [5, 5.41) is 12.2. The van der Waals surface area contributed by atoms with Gasteiger partial charge in [0.15, 0.2) is 5.82 Å². The predicted octanol–water partition coefficient (Wildman–Crippen LogP) is 1.79. The van der Waals surface area contributed by atoms with Crippen molar-refractivity contribution in [2.24, 2.45) is 0 Å². The number of hydrogen-bond donors (Lipinski definition) is 2. The van der Waals surface area contributed by atoms with Crippen molar-refractivity contribution in [3.8, 4) is 11.4 Å². The van der Waals surface area contributed by atoms with Gasteiger partial charge in [0.05, 0.1) is 5.54 Å². The van der Waals surface area contributed by atoms with Gasteiger partial charge in [-0.25, -0.2) is 4.68 Å². The van der Waals surface area contributed by atoms with Crippen molar-refractivity contribution in [1.29, 1.82) is 0 Å². The summed E-state index contributed by atoms with van der Waals surface area (Å²) in [5.41, 5.74) is 13.9. The molecule has 1 aromatic heterocycles. The minimum Gasteiger partial charge on any atom is -0.399 e. The lowest BCUT2D eigenvalue weighted by atomic mass is 9.75. The Kier molecular flexibility index (Phi) is 2.66. The molecule has 0 atom stereocenters. The lowest BCUT2D eigenvalue weighted by Crippen LogP contribution is -2.41. The normalized spacial score (nSPS) is 17.1. The molecule has 0 amide bonds. The topological polar surface area (TPSA) is 95.6 Å². The van der Waals surface area contributed by atoms with Crippen LogP contribution in [0, 0.1) is 0 Å². The molecular weight excluding hydrogens is 240 g/mol. The molecule has 0 saturated heterocycles. The van der Waals surface area contributed by atoms with E-state index in [2.05, 4.69) is 22.4 Å². The van der Waals surface area contributed by atoms with E-state index in [4.69, 9.17) is 11.5 Å². The van der Waals surface area contributed by atoms with Crippen molar-refractivity contribution < 1.29 is 0 Å². The van der Waals surface area contributed by atoms with E-state index in [-0.39, 0.29) is 5.54 Å². The number of rotatable bonds is 3. The van der Waals surface area contributed by atoms with Crippen molar-refractivity contribution in [3.63, 3.8) is 0 Å². The maximum absolute atomic E-state index is 5.85. The third-order valence-electron chi connectivity index (χ3n) is 4.10. The molecule has 19 heavy (non-hydrogen) atoms. The Morgan fingerprint density at radius 1 is 1.21 bits per heavy atom. The predicted molar refractivity (Wildman–Crippen MR) is 74.2 cm³/mol. The van der Waals surface area contributed by atoms with Gasteiger partial charge in [-0.2, -0.15) is 0 Å². The third kappa shape index (κ3) is 1.83. The van der Waals surface area contributed by atoms with Gasteiger partial charge in [0, 0.05) is 16.9 Å². The summed E-state index contributed by atoms with van der Waals surface area (Å²) in [7, 11) is 0. The van der Waals surface area contributed by atoms with Gasteiger partial charge in [-0.15, -0.1) is 5.10 Å². The number of anilines is 2. The second-order valence-corrected chi connectivity index (χ2v) is 5.23. The largest absolute Gasteiger partial charge is 0.399 e. The van der Waals surface area contributed by atoms with Crippen molar-refractivity contribution in [2.45, 2.75) is 38.1 Å². The first-order chi connectivity index (χ1) is 9.14. The van der Waals surface area contributed by atoms with E-state index in [1.54, 1.807) is 6.07 Å². The van der Waals surface area contributed by atoms with Crippen molar-refractivity contribution >= 4 is 11.4 Å². The Labute approximate surface area is 111 Å². The van der Waals surface area contributed by atoms with E-state index in [0.717, 1.165) is 30.7 Å². The molecular formula is C13H18N6. The molecule has 1 saturated carbocycles. The van der Waals surface area contributed by atoms with Gasteiger partial charge >= 0.3 is 0 Å². The van der Waals surface area contributed by atoms with E-state index in [1.807, 2.05) is 16.8 Å². The third-order valence-corrected chi connectivity index (χ3v) is 4.10. The van der Waals surface area contributed by atoms with Crippen LogP contribution in [-0.4, -0.2) is 20.2 Å². The first-order valence-corrected chi connectivity index (χ1v) is 6.60. The van der Waals surface area contributed by atoms with Crippen LogP contribution >= 0.6 is 0 Å². The summed E-state index contributed by atoms with van der Waals surface area (Å²) in [4.78, 5) is 0. The fourth-order valence-electron chi connectivity index (χ4n) is 2.79. The van der Waals surface area contributed by atoms with Gasteiger partial charge in [-0.3, -0.25) is 0 Å². The fourth-order valence-corrected chi connectivity index (χ4v) is 2.79. The summed E-state index contributed by atoms with van der Waals surface area (Å²) >= 11 is 0. The molecule has 0 unspecified atom stereocenters. The number of nitrogen functional groups attached to an aromatic ring is 2. The van der Waals surface area contributed by atoms with Crippen LogP contribution in [0.25, 0.3) is 11.4 Å². The van der Waals surface area contributed by atoms with Gasteiger partial charge in [-0.1, -0.05) is 6.92 Å². The minimum absolute atomic E-state index is 0.0677. The molecule has 1 fully saturated rings. The molecule has 1 aliphatic rings. The molecule has 4 N–H and O–H groups in total. The summed E-state index contributed by atoms with van der Waals surface area (Å²) < 4.78 is 1.95. The second kappa shape index (κ2) is 4.22. The summed E-state index contributed by atoms with van der Waals surface area (Å²) in [6.07, 6.45) is 4.51. The van der Waals surface area contributed by atoms with E-state index < -0.39 is 0 Å². The van der Waals surface area contributed by atoms with Gasteiger partial charge in [0.25, 0.3) is 0 Å². The lowest BCUT2D eigenvalue weighted by molar-refractivity contribution is 0.118. The SMILES string of the molecule is CCC1(n2nnnc2-c2cc(N)cc(N)c2)CCC1. The standard InChI is InChI=1S/C13H18N6/c1-2-13(4-3-5-13)19-12(16-17-18-19)9-6-10(14)8-11(15)7-9/h6-8H,2-5,14-15H2,1H3. The van der Waals surface area contributed by atoms with E-state index in [9.17, 15) is 0 Å². The summed E-state index contributed by atoms with van der Waals surface area (Å²) in [6, 6.07) is 5.46. The molecule has 1 aliphatic carbocycles. The summed E-state index contributed by atoms with van der Waals surface area (Å²) in [6.45, 7) is 2.18. The van der Waals surface area contributed by atoms with E-state index in [0.29, 0.717) is 11.4 Å².